The maximum atomic E-state index is 6.04. The zero-order chi connectivity index (χ0) is 13.0. The van der Waals surface area contributed by atoms with Crippen molar-refractivity contribution in [3.8, 4) is 0 Å². The topological polar surface area (TPSA) is 46.0 Å². The molecule has 1 fully saturated rings. The molecule has 0 bridgehead atoms. The summed E-state index contributed by atoms with van der Waals surface area (Å²) in [5.41, 5.74) is 2.03. The van der Waals surface area contributed by atoms with Gasteiger partial charge in [-0.15, -0.1) is 28.3 Å². The Hall–Kier alpha value is -0.910. The molecule has 4 nitrogen and oxygen atoms in total. The standard InChI is InChI=1S/C12H10Cl2N4S/c13-12(14)5-7(12)6-19-11-17-16-10-15-8-3-1-2-4-9(8)18(10)11/h1-4,7H,5-6H2,(H,15,16)/t7-/m0/s1. The largest absolute Gasteiger partial charge is 0.254 e. The minimum absolute atomic E-state index is 0.349. The molecule has 3 aromatic rings. The van der Waals surface area contributed by atoms with Crippen molar-refractivity contribution in [2.45, 2.75) is 15.9 Å². The van der Waals surface area contributed by atoms with Gasteiger partial charge in [0.1, 0.15) is 4.33 Å². The molecule has 0 radical (unpaired) electrons. The molecule has 1 aromatic carbocycles. The summed E-state index contributed by atoms with van der Waals surface area (Å²) < 4.78 is 1.51. The third-order valence-corrected chi connectivity index (χ3v) is 5.40. The van der Waals surface area contributed by atoms with Crippen LogP contribution in [0.25, 0.3) is 16.8 Å². The highest BCUT2D eigenvalue weighted by Crippen LogP contribution is 2.54. The molecule has 2 aromatic heterocycles. The summed E-state index contributed by atoms with van der Waals surface area (Å²) in [4.78, 5) is 4.49. The van der Waals surface area contributed by atoms with Gasteiger partial charge in [0.15, 0.2) is 5.16 Å². The second-order valence-corrected chi connectivity index (χ2v) is 7.27. The van der Waals surface area contributed by atoms with Crippen LogP contribution in [0.5, 0.6) is 0 Å². The molecule has 19 heavy (non-hydrogen) atoms. The fourth-order valence-corrected chi connectivity index (χ4v) is 4.05. The zero-order valence-electron chi connectivity index (χ0n) is 9.81. The normalized spacial score (nSPS) is 21.3. The van der Waals surface area contributed by atoms with Crippen LogP contribution >= 0.6 is 35.0 Å². The van der Waals surface area contributed by atoms with E-state index in [1.807, 2.05) is 28.7 Å². The van der Waals surface area contributed by atoms with E-state index in [9.17, 15) is 0 Å². The number of alkyl halides is 2. The Bertz CT molecular complexity index is 763. The van der Waals surface area contributed by atoms with Gasteiger partial charge in [0, 0.05) is 11.7 Å². The molecule has 0 spiro atoms. The van der Waals surface area contributed by atoms with Crippen LogP contribution < -0.4 is 0 Å². The van der Waals surface area contributed by atoms with Crippen molar-refractivity contribution in [1.29, 1.82) is 0 Å². The number of para-hydroxylation sites is 2. The molecule has 1 saturated carbocycles. The van der Waals surface area contributed by atoms with E-state index >= 15 is 0 Å². The number of H-pyrrole nitrogens is 1. The predicted molar refractivity (Wildman–Crippen MR) is 78.1 cm³/mol. The second kappa shape index (κ2) is 4.04. The number of benzene rings is 1. The summed E-state index contributed by atoms with van der Waals surface area (Å²) in [5.74, 6) is 1.99. The number of fused-ring (bicyclic) bond motifs is 3. The minimum Gasteiger partial charge on any atom is -0.254 e. The average molecular weight is 313 g/mol. The molecule has 98 valence electrons. The highest BCUT2D eigenvalue weighted by atomic mass is 35.5. The first-order chi connectivity index (χ1) is 9.15. The van der Waals surface area contributed by atoms with Crippen molar-refractivity contribution in [2.75, 3.05) is 5.75 Å². The van der Waals surface area contributed by atoms with E-state index in [0.717, 1.165) is 34.1 Å². The van der Waals surface area contributed by atoms with E-state index in [1.54, 1.807) is 11.8 Å². The summed E-state index contributed by atoms with van der Waals surface area (Å²) in [6.07, 6.45) is 0.862. The monoisotopic (exact) mass is 312 g/mol. The Kier molecular flexibility index (Phi) is 2.53. The fraction of sp³-hybridized carbons (Fsp3) is 0.333. The third-order valence-electron chi connectivity index (χ3n) is 3.37. The molecule has 0 unspecified atom stereocenters. The van der Waals surface area contributed by atoms with Gasteiger partial charge in [0.05, 0.1) is 11.0 Å². The average Bonchev–Trinajstić information content (AvgIpc) is 2.77. The summed E-state index contributed by atoms with van der Waals surface area (Å²) >= 11 is 13.7. The minimum atomic E-state index is -0.528. The van der Waals surface area contributed by atoms with Crippen molar-refractivity contribution >= 4 is 51.8 Å². The van der Waals surface area contributed by atoms with E-state index < -0.39 is 4.33 Å². The molecule has 2 heterocycles. The number of rotatable bonds is 3. The maximum Gasteiger partial charge on any atom is 0.231 e. The number of nitrogens with zero attached hydrogens (tertiary/aromatic N) is 3. The maximum absolute atomic E-state index is 6.04. The first-order valence-corrected chi connectivity index (χ1v) is 7.71. The van der Waals surface area contributed by atoms with Gasteiger partial charge in [-0.3, -0.25) is 4.40 Å². The number of halogens is 2. The van der Waals surface area contributed by atoms with Gasteiger partial charge in [0.25, 0.3) is 0 Å². The number of aromatic amines is 1. The molecule has 1 aliphatic rings. The smallest absolute Gasteiger partial charge is 0.231 e. The van der Waals surface area contributed by atoms with Crippen LogP contribution in [0, 0.1) is 5.92 Å². The van der Waals surface area contributed by atoms with Gasteiger partial charge in [0.2, 0.25) is 5.78 Å². The number of hydrogen-bond donors (Lipinski definition) is 1. The Morgan fingerprint density at radius 1 is 1.42 bits per heavy atom. The lowest BCUT2D eigenvalue weighted by molar-refractivity contribution is 0.922. The molecular formula is C12H10Cl2N4S. The van der Waals surface area contributed by atoms with Crippen LogP contribution in [0.3, 0.4) is 0 Å². The lowest BCUT2D eigenvalue weighted by Crippen LogP contribution is -1.94. The highest BCUT2D eigenvalue weighted by Gasteiger charge is 2.51. The molecule has 1 atom stereocenters. The van der Waals surface area contributed by atoms with Crippen molar-refractivity contribution < 1.29 is 0 Å². The number of hydrogen-bond acceptors (Lipinski definition) is 3. The highest BCUT2D eigenvalue weighted by molar-refractivity contribution is 7.99. The van der Waals surface area contributed by atoms with Gasteiger partial charge >= 0.3 is 0 Å². The van der Waals surface area contributed by atoms with E-state index in [4.69, 9.17) is 23.2 Å². The first-order valence-electron chi connectivity index (χ1n) is 5.97. The first kappa shape index (κ1) is 11.9. The Morgan fingerprint density at radius 3 is 3.00 bits per heavy atom. The van der Waals surface area contributed by atoms with Crippen LogP contribution in [0.15, 0.2) is 29.4 Å². The van der Waals surface area contributed by atoms with E-state index in [0.29, 0.717) is 5.92 Å². The lowest BCUT2D eigenvalue weighted by atomic mass is 10.3. The zero-order valence-corrected chi connectivity index (χ0v) is 12.1. The Morgan fingerprint density at radius 2 is 2.21 bits per heavy atom. The van der Waals surface area contributed by atoms with Crippen LogP contribution in [0.1, 0.15) is 6.42 Å². The predicted octanol–water partition coefficient (Wildman–Crippen LogP) is 3.50. The van der Waals surface area contributed by atoms with Crippen LogP contribution in [0.2, 0.25) is 0 Å². The number of imidazole rings is 1. The molecule has 4 rings (SSSR count). The number of thioether (sulfide) groups is 1. The Balaban J connectivity index is 1.70. The van der Waals surface area contributed by atoms with E-state index in [-0.39, 0.29) is 0 Å². The van der Waals surface area contributed by atoms with Gasteiger partial charge in [-0.1, -0.05) is 23.9 Å². The molecule has 1 N–H and O–H groups in total. The molecule has 0 saturated heterocycles. The van der Waals surface area contributed by atoms with Crippen molar-refractivity contribution in [3.63, 3.8) is 0 Å². The van der Waals surface area contributed by atoms with Crippen LogP contribution in [0.4, 0.5) is 0 Å². The van der Waals surface area contributed by atoms with Crippen LogP contribution in [-0.4, -0.2) is 29.7 Å². The number of aromatic nitrogens is 4. The lowest BCUT2D eigenvalue weighted by Gasteiger charge is -1.99. The SMILES string of the molecule is ClC1(Cl)C[C@H]1CSc1n[nH]c2nc3ccccc3n12. The Labute approximate surface area is 123 Å². The summed E-state index contributed by atoms with van der Waals surface area (Å²) in [6.45, 7) is 0. The molecule has 0 aliphatic heterocycles. The van der Waals surface area contributed by atoms with Gasteiger partial charge in [-0.25, -0.2) is 10.1 Å². The van der Waals surface area contributed by atoms with Gasteiger partial charge < -0.3 is 0 Å². The van der Waals surface area contributed by atoms with Crippen LogP contribution in [-0.2, 0) is 0 Å². The molecule has 7 heteroatoms. The van der Waals surface area contributed by atoms with Gasteiger partial charge in [-0.2, -0.15) is 0 Å². The van der Waals surface area contributed by atoms with Gasteiger partial charge in [-0.05, 0) is 18.6 Å². The molecular weight excluding hydrogens is 303 g/mol. The van der Waals surface area contributed by atoms with E-state index in [2.05, 4.69) is 15.2 Å². The van der Waals surface area contributed by atoms with Crippen molar-refractivity contribution in [3.05, 3.63) is 24.3 Å². The summed E-state index contributed by atoms with van der Waals surface area (Å²) in [6, 6.07) is 8.02. The van der Waals surface area contributed by atoms with E-state index in [1.165, 1.54) is 0 Å². The fourth-order valence-electron chi connectivity index (χ4n) is 2.16. The van der Waals surface area contributed by atoms with Crippen molar-refractivity contribution in [1.82, 2.24) is 19.6 Å². The molecule has 1 aliphatic carbocycles. The van der Waals surface area contributed by atoms with Crippen molar-refractivity contribution in [2.24, 2.45) is 5.92 Å². The third kappa shape index (κ3) is 1.91. The number of nitrogens with one attached hydrogen (secondary N) is 1. The summed E-state index contributed by atoms with van der Waals surface area (Å²) in [7, 11) is 0. The quantitative estimate of drug-likeness (QED) is 0.595. The second-order valence-electron chi connectivity index (χ2n) is 4.74. The summed E-state index contributed by atoms with van der Waals surface area (Å²) in [5, 5.41) is 8.17. The molecule has 0 amide bonds.